The number of benzene rings is 1. The standard InChI is InChI=1S/C17H19NO4S2/c19-17(20)10-13-3-1-4-14(9-13)15-5-2-7-18(11-15)24(21,22)16-6-8-23-12-16/h1,3-4,6,8-9,12,15H,2,5,7,10-11H2,(H,19,20). The number of thiophene rings is 1. The van der Waals surface area contributed by atoms with Crippen LogP contribution in [0.4, 0.5) is 0 Å². The molecule has 2 aromatic rings. The summed E-state index contributed by atoms with van der Waals surface area (Å²) in [5.74, 6) is -0.765. The van der Waals surface area contributed by atoms with Gasteiger partial charge in [-0.25, -0.2) is 8.42 Å². The number of rotatable bonds is 5. The number of hydrogen-bond acceptors (Lipinski definition) is 4. The Labute approximate surface area is 145 Å². The Morgan fingerprint density at radius 2 is 2.17 bits per heavy atom. The first-order valence-electron chi connectivity index (χ1n) is 7.80. The summed E-state index contributed by atoms with van der Waals surface area (Å²) in [4.78, 5) is 11.2. The van der Waals surface area contributed by atoms with Gasteiger partial charge in [-0.05, 0) is 41.3 Å². The minimum absolute atomic E-state index is 0.0164. The van der Waals surface area contributed by atoms with Gasteiger partial charge in [0, 0.05) is 18.5 Å². The molecule has 7 heteroatoms. The number of sulfonamides is 1. The number of piperidine rings is 1. The minimum atomic E-state index is -3.44. The highest BCUT2D eigenvalue weighted by atomic mass is 32.2. The highest BCUT2D eigenvalue weighted by Gasteiger charge is 2.31. The third-order valence-corrected chi connectivity index (χ3v) is 6.99. The Morgan fingerprint density at radius 1 is 1.33 bits per heavy atom. The molecule has 5 nitrogen and oxygen atoms in total. The molecule has 0 aliphatic carbocycles. The summed E-state index contributed by atoms with van der Waals surface area (Å²) in [5, 5.41) is 12.4. The molecule has 1 aromatic carbocycles. The number of aliphatic carboxylic acids is 1. The van der Waals surface area contributed by atoms with Crippen LogP contribution in [0, 0.1) is 0 Å². The van der Waals surface area contributed by atoms with Gasteiger partial charge in [-0.2, -0.15) is 15.6 Å². The highest BCUT2D eigenvalue weighted by Crippen LogP contribution is 2.31. The van der Waals surface area contributed by atoms with E-state index >= 15 is 0 Å². The van der Waals surface area contributed by atoms with Crippen molar-refractivity contribution in [1.29, 1.82) is 0 Å². The average Bonchev–Trinajstić information content (AvgIpc) is 3.10. The largest absolute Gasteiger partial charge is 0.481 e. The van der Waals surface area contributed by atoms with Gasteiger partial charge in [-0.15, -0.1) is 0 Å². The molecule has 1 atom stereocenters. The van der Waals surface area contributed by atoms with Gasteiger partial charge in [0.2, 0.25) is 10.0 Å². The third kappa shape index (κ3) is 3.68. The Bertz CT molecular complexity index is 815. The quantitative estimate of drug-likeness (QED) is 0.884. The Balaban J connectivity index is 1.80. The van der Waals surface area contributed by atoms with Gasteiger partial charge in [0.25, 0.3) is 0 Å². The Morgan fingerprint density at radius 3 is 2.88 bits per heavy atom. The van der Waals surface area contributed by atoms with Crippen LogP contribution in [0.2, 0.25) is 0 Å². The van der Waals surface area contributed by atoms with E-state index in [0.717, 1.165) is 24.0 Å². The van der Waals surface area contributed by atoms with Crippen molar-refractivity contribution >= 4 is 27.3 Å². The molecule has 0 saturated carbocycles. The van der Waals surface area contributed by atoms with Crippen molar-refractivity contribution in [2.24, 2.45) is 0 Å². The van der Waals surface area contributed by atoms with Crippen LogP contribution in [0.3, 0.4) is 0 Å². The molecule has 2 heterocycles. The van der Waals surface area contributed by atoms with E-state index in [-0.39, 0.29) is 12.3 Å². The molecule has 0 amide bonds. The number of carbonyl (C=O) groups is 1. The second-order valence-electron chi connectivity index (χ2n) is 5.98. The summed E-state index contributed by atoms with van der Waals surface area (Å²) in [7, 11) is -3.44. The van der Waals surface area contributed by atoms with Gasteiger partial charge in [-0.3, -0.25) is 4.79 Å². The Hall–Kier alpha value is -1.70. The van der Waals surface area contributed by atoms with Crippen LogP contribution >= 0.6 is 11.3 Å². The lowest BCUT2D eigenvalue weighted by Crippen LogP contribution is -2.38. The van der Waals surface area contributed by atoms with Crippen molar-refractivity contribution in [2.45, 2.75) is 30.1 Å². The lowest BCUT2D eigenvalue weighted by atomic mass is 9.90. The predicted octanol–water partition coefficient (Wildman–Crippen LogP) is 2.94. The fraction of sp³-hybridized carbons (Fsp3) is 0.353. The molecular weight excluding hydrogens is 346 g/mol. The molecule has 24 heavy (non-hydrogen) atoms. The van der Waals surface area contributed by atoms with Crippen molar-refractivity contribution in [3.8, 4) is 0 Å². The number of carboxylic acid groups (broad SMARTS) is 1. The van der Waals surface area contributed by atoms with Crippen molar-refractivity contribution in [1.82, 2.24) is 4.31 Å². The zero-order valence-corrected chi connectivity index (χ0v) is 14.7. The minimum Gasteiger partial charge on any atom is -0.481 e. The molecule has 3 rings (SSSR count). The van der Waals surface area contributed by atoms with E-state index in [0.29, 0.717) is 18.0 Å². The van der Waals surface area contributed by atoms with Crippen molar-refractivity contribution in [3.63, 3.8) is 0 Å². The maximum absolute atomic E-state index is 12.7. The van der Waals surface area contributed by atoms with Gasteiger partial charge in [0.1, 0.15) is 0 Å². The first-order chi connectivity index (χ1) is 11.5. The van der Waals surface area contributed by atoms with Crippen molar-refractivity contribution < 1.29 is 18.3 Å². The van der Waals surface area contributed by atoms with Gasteiger partial charge >= 0.3 is 5.97 Å². The van der Waals surface area contributed by atoms with Crippen LogP contribution in [0.1, 0.15) is 29.9 Å². The summed E-state index contributed by atoms with van der Waals surface area (Å²) in [6.45, 7) is 0.970. The lowest BCUT2D eigenvalue weighted by Gasteiger charge is -2.32. The van der Waals surface area contributed by atoms with Crippen LogP contribution in [-0.4, -0.2) is 36.9 Å². The highest BCUT2D eigenvalue weighted by molar-refractivity contribution is 7.89. The molecule has 1 aliphatic rings. The third-order valence-electron chi connectivity index (χ3n) is 4.29. The average molecular weight is 365 g/mol. The van der Waals surface area contributed by atoms with Crippen LogP contribution in [0.25, 0.3) is 0 Å². The van der Waals surface area contributed by atoms with Crippen molar-refractivity contribution in [3.05, 3.63) is 52.2 Å². The van der Waals surface area contributed by atoms with Crippen LogP contribution in [-0.2, 0) is 21.2 Å². The van der Waals surface area contributed by atoms with E-state index in [1.807, 2.05) is 18.2 Å². The molecule has 1 aromatic heterocycles. The maximum Gasteiger partial charge on any atom is 0.307 e. The molecule has 0 radical (unpaired) electrons. The topological polar surface area (TPSA) is 74.7 Å². The lowest BCUT2D eigenvalue weighted by molar-refractivity contribution is -0.136. The maximum atomic E-state index is 12.7. The summed E-state index contributed by atoms with van der Waals surface area (Å²) in [5.41, 5.74) is 1.76. The summed E-state index contributed by atoms with van der Waals surface area (Å²) >= 11 is 1.37. The number of carboxylic acids is 1. The second kappa shape index (κ2) is 7.04. The fourth-order valence-corrected chi connectivity index (χ4v) is 5.65. The van der Waals surface area contributed by atoms with Gasteiger partial charge in [-0.1, -0.05) is 24.3 Å². The first kappa shape index (κ1) is 17.1. The Kier molecular flexibility index (Phi) is 5.03. The van der Waals surface area contributed by atoms with E-state index in [4.69, 9.17) is 5.11 Å². The molecule has 0 spiro atoms. The molecular formula is C17H19NO4S2. The predicted molar refractivity (Wildman–Crippen MR) is 92.8 cm³/mol. The zero-order chi connectivity index (χ0) is 17.2. The SMILES string of the molecule is O=C(O)Cc1cccc(C2CCCN(S(=O)(=O)c3ccsc3)C2)c1. The number of hydrogen-bond donors (Lipinski definition) is 1. The van der Waals surface area contributed by atoms with E-state index < -0.39 is 16.0 Å². The summed E-state index contributed by atoms with van der Waals surface area (Å²) < 4.78 is 26.9. The second-order valence-corrected chi connectivity index (χ2v) is 8.69. The molecule has 1 fully saturated rings. The normalized spacial score (nSPS) is 19.2. The van der Waals surface area contributed by atoms with Crippen LogP contribution in [0.15, 0.2) is 46.0 Å². The molecule has 1 unspecified atom stereocenters. The molecule has 0 bridgehead atoms. The molecule has 128 valence electrons. The fourth-order valence-electron chi connectivity index (χ4n) is 3.11. The van der Waals surface area contributed by atoms with Gasteiger partial charge in [0.05, 0.1) is 11.3 Å². The molecule has 1 aliphatic heterocycles. The van der Waals surface area contributed by atoms with E-state index in [1.165, 1.54) is 11.3 Å². The van der Waals surface area contributed by atoms with E-state index in [2.05, 4.69) is 0 Å². The summed E-state index contributed by atoms with van der Waals surface area (Å²) in [6.07, 6.45) is 1.70. The van der Waals surface area contributed by atoms with E-state index in [9.17, 15) is 13.2 Å². The summed E-state index contributed by atoms with van der Waals surface area (Å²) in [6, 6.07) is 9.12. The molecule has 1 saturated heterocycles. The first-order valence-corrected chi connectivity index (χ1v) is 10.2. The molecule has 1 N–H and O–H groups in total. The van der Waals surface area contributed by atoms with Gasteiger partial charge in [0.15, 0.2) is 0 Å². The van der Waals surface area contributed by atoms with Crippen molar-refractivity contribution in [2.75, 3.05) is 13.1 Å². The number of nitrogens with zero attached hydrogens (tertiary/aromatic N) is 1. The monoisotopic (exact) mass is 365 g/mol. The smallest absolute Gasteiger partial charge is 0.307 e. The van der Waals surface area contributed by atoms with Crippen LogP contribution in [0.5, 0.6) is 0 Å². The van der Waals surface area contributed by atoms with Crippen LogP contribution < -0.4 is 0 Å². The van der Waals surface area contributed by atoms with Gasteiger partial charge < -0.3 is 5.11 Å². The van der Waals surface area contributed by atoms with E-state index in [1.54, 1.807) is 27.2 Å². The zero-order valence-electron chi connectivity index (χ0n) is 13.1.